The summed E-state index contributed by atoms with van der Waals surface area (Å²) in [6.45, 7) is 6.80. The van der Waals surface area contributed by atoms with Gasteiger partial charge in [0.15, 0.2) is 5.75 Å². The lowest BCUT2D eigenvalue weighted by molar-refractivity contribution is 0.0685. The van der Waals surface area contributed by atoms with Crippen LogP contribution in [-0.2, 0) is 0 Å². The summed E-state index contributed by atoms with van der Waals surface area (Å²) in [5.41, 5.74) is 0.872. The van der Waals surface area contributed by atoms with Crippen molar-refractivity contribution in [3.05, 3.63) is 42.2 Å². The van der Waals surface area contributed by atoms with Crippen molar-refractivity contribution in [2.45, 2.75) is 27.2 Å². The Bertz CT molecular complexity index is 612. The predicted octanol–water partition coefficient (Wildman–Crippen LogP) is 3.39. The number of rotatable bonds is 5. The van der Waals surface area contributed by atoms with Crippen LogP contribution in [0.5, 0.6) is 5.75 Å². The Morgan fingerprint density at radius 3 is 2.52 bits per heavy atom. The van der Waals surface area contributed by atoms with Crippen LogP contribution in [0, 0.1) is 5.41 Å². The zero-order valence-electron chi connectivity index (χ0n) is 12.5. The zero-order chi connectivity index (χ0) is 15.5. The van der Waals surface area contributed by atoms with Gasteiger partial charge in [0.25, 0.3) is 0 Å². The van der Waals surface area contributed by atoms with Crippen LogP contribution in [0.4, 0.5) is 0 Å². The number of aromatic nitrogens is 2. The second kappa shape index (κ2) is 5.99. The Morgan fingerprint density at radius 2 is 1.95 bits per heavy atom. The van der Waals surface area contributed by atoms with E-state index in [1.807, 2.05) is 30.3 Å². The fraction of sp³-hybridized carbons (Fsp3) is 0.375. The average Bonchev–Trinajstić information content (AvgIpc) is 2.83. The summed E-state index contributed by atoms with van der Waals surface area (Å²) < 4.78 is 7.14. The number of ether oxygens (including phenoxy) is 1. The van der Waals surface area contributed by atoms with Crippen molar-refractivity contribution < 1.29 is 14.6 Å². The third kappa shape index (κ3) is 4.08. The summed E-state index contributed by atoms with van der Waals surface area (Å²) in [6, 6.07) is 9.36. The highest BCUT2D eigenvalue weighted by Gasteiger charge is 2.19. The van der Waals surface area contributed by atoms with Crippen molar-refractivity contribution in [2.75, 3.05) is 6.61 Å². The smallest absolute Gasteiger partial charge is 0.360 e. The molecule has 0 spiro atoms. The summed E-state index contributed by atoms with van der Waals surface area (Å²) in [5, 5.41) is 13.3. The quantitative estimate of drug-likeness (QED) is 0.916. The fourth-order valence-corrected chi connectivity index (χ4v) is 1.79. The maximum atomic E-state index is 11.3. The molecule has 112 valence electrons. The third-order valence-corrected chi connectivity index (χ3v) is 3.01. The molecule has 0 amide bonds. The number of hydrogen-bond acceptors (Lipinski definition) is 3. The van der Waals surface area contributed by atoms with Gasteiger partial charge in [-0.25, -0.2) is 9.48 Å². The minimum Gasteiger partial charge on any atom is -0.489 e. The highest BCUT2D eigenvalue weighted by molar-refractivity contribution is 5.88. The Morgan fingerprint density at radius 1 is 1.29 bits per heavy atom. The highest BCUT2D eigenvalue weighted by Crippen LogP contribution is 2.23. The molecule has 0 unspecified atom stereocenters. The zero-order valence-corrected chi connectivity index (χ0v) is 12.5. The summed E-state index contributed by atoms with van der Waals surface area (Å²) in [6.07, 6.45) is 2.45. The van der Waals surface area contributed by atoms with Crippen molar-refractivity contribution in [3.63, 3.8) is 0 Å². The molecule has 21 heavy (non-hydrogen) atoms. The minimum atomic E-state index is -1.09. The van der Waals surface area contributed by atoms with Gasteiger partial charge in [-0.3, -0.25) is 0 Å². The molecule has 5 heteroatoms. The SMILES string of the molecule is CC(C)(C)CCOc1cn(-c2ccccc2)nc1C(=O)O. The molecule has 2 rings (SSSR count). The Labute approximate surface area is 124 Å². The van der Waals surface area contributed by atoms with Gasteiger partial charge in [-0.05, 0) is 24.0 Å². The molecule has 0 radical (unpaired) electrons. The first-order valence-corrected chi connectivity index (χ1v) is 6.88. The maximum absolute atomic E-state index is 11.3. The summed E-state index contributed by atoms with van der Waals surface area (Å²) >= 11 is 0. The third-order valence-electron chi connectivity index (χ3n) is 3.01. The van der Waals surface area contributed by atoms with Gasteiger partial charge in [0.2, 0.25) is 5.69 Å². The molecule has 0 aliphatic heterocycles. The minimum absolute atomic E-state index is 0.0623. The van der Waals surface area contributed by atoms with E-state index in [2.05, 4.69) is 25.9 Å². The van der Waals surface area contributed by atoms with Gasteiger partial charge >= 0.3 is 5.97 Å². The lowest BCUT2D eigenvalue weighted by atomic mass is 9.93. The first-order chi connectivity index (χ1) is 9.87. The van der Waals surface area contributed by atoms with Crippen LogP contribution >= 0.6 is 0 Å². The van der Waals surface area contributed by atoms with E-state index in [9.17, 15) is 9.90 Å². The molecule has 0 saturated carbocycles. The lowest BCUT2D eigenvalue weighted by Gasteiger charge is -2.17. The molecular formula is C16H20N2O3. The van der Waals surface area contributed by atoms with Gasteiger partial charge in [-0.2, -0.15) is 5.10 Å². The number of carbonyl (C=O) groups is 1. The average molecular weight is 288 g/mol. The van der Waals surface area contributed by atoms with Crippen molar-refractivity contribution >= 4 is 5.97 Å². The van der Waals surface area contributed by atoms with Crippen molar-refractivity contribution in [1.82, 2.24) is 9.78 Å². The van der Waals surface area contributed by atoms with Gasteiger partial charge in [-0.1, -0.05) is 39.0 Å². The van der Waals surface area contributed by atoms with E-state index in [1.54, 1.807) is 6.20 Å². The Hall–Kier alpha value is -2.30. The van der Waals surface area contributed by atoms with Gasteiger partial charge in [0, 0.05) is 0 Å². The van der Waals surface area contributed by atoms with Crippen LogP contribution in [0.25, 0.3) is 5.69 Å². The molecule has 0 bridgehead atoms. The van der Waals surface area contributed by atoms with Crippen molar-refractivity contribution in [3.8, 4) is 11.4 Å². The topological polar surface area (TPSA) is 64.4 Å². The van der Waals surface area contributed by atoms with Crippen LogP contribution in [-0.4, -0.2) is 27.5 Å². The van der Waals surface area contributed by atoms with Crippen molar-refractivity contribution in [1.29, 1.82) is 0 Å². The monoisotopic (exact) mass is 288 g/mol. The van der Waals surface area contributed by atoms with Crippen LogP contribution in [0.1, 0.15) is 37.7 Å². The molecule has 0 aliphatic rings. The number of para-hydroxylation sites is 1. The molecule has 0 fully saturated rings. The second-order valence-electron chi connectivity index (χ2n) is 6.09. The van der Waals surface area contributed by atoms with Crippen LogP contribution in [0.3, 0.4) is 0 Å². The van der Waals surface area contributed by atoms with Gasteiger partial charge < -0.3 is 9.84 Å². The number of aromatic carboxylic acids is 1. The highest BCUT2D eigenvalue weighted by atomic mass is 16.5. The maximum Gasteiger partial charge on any atom is 0.360 e. The number of carboxylic acid groups (broad SMARTS) is 1. The van der Waals surface area contributed by atoms with Crippen LogP contribution in [0.15, 0.2) is 36.5 Å². The van der Waals surface area contributed by atoms with Gasteiger partial charge in [-0.15, -0.1) is 0 Å². The van der Waals surface area contributed by atoms with E-state index in [4.69, 9.17) is 4.74 Å². The van der Waals surface area contributed by atoms with E-state index in [-0.39, 0.29) is 11.1 Å². The Balaban J connectivity index is 2.20. The number of nitrogens with zero attached hydrogens (tertiary/aromatic N) is 2. The van der Waals surface area contributed by atoms with Crippen LogP contribution < -0.4 is 4.74 Å². The first kappa shape index (κ1) is 15.1. The van der Waals surface area contributed by atoms with E-state index in [1.165, 1.54) is 4.68 Å². The normalized spacial score (nSPS) is 11.4. The molecular weight excluding hydrogens is 268 g/mol. The molecule has 2 aromatic rings. The van der Waals surface area contributed by atoms with Crippen LogP contribution in [0.2, 0.25) is 0 Å². The molecule has 1 N–H and O–H groups in total. The summed E-state index contributed by atoms with van der Waals surface area (Å²) in [4.78, 5) is 11.3. The largest absolute Gasteiger partial charge is 0.489 e. The number of benzene rings is 1. The molecule has 0 aliphatic carbocycles. The molecule has 5 nitrogen and oxygen atoms in total. The molecule has 1 heterocycles. The standard InChI is InChI=1S/C16H20N2O3/c1-16(2,3)9-10-21-13-11-18(17-14(13)15(19)20)12-7-5-4-6-8-12/h4-8,11H,9-10H2,1-3H3,(H,19,20). The number of hydrogen-bond donors (Lipinski definition) is 1. The molecule has 0 atom stereocenters. The lowest BCUT2D eigenvalue weighted by Crippen LogP contribution is -2.12. The predicted molar refractivity (Wildman–Crippen MR) is 80.1 cm³/mol. The number of carboxylic acids is 1. The molecule has 1 aromatic heterocycles. The van der Waals surface area contributed by atoms with E-state index in [0.717, 1.165) is 12.1 Å². The fourth-order valence-electron chi connectivity index (χ4n) is 1.79. The van der Waals surface area contributed by atoms with Gasteiger partial charge in [0.05, 0.1) is 18.5 Å². The Kier molecular flexibility index (Phi) is 4.31. The molecule has 0 saturated heterocycles. The van der Waals surface area contributed by atoms with E-state index in [0.29, 0.717) is 12.4 Å². The van der Waals surface area contributed by atoms with Gasteiger partial charge in [0.1, 0.15) is 0 Å². The summed E-state index contributed by atoms with van der Waals surface area (Å²) in [7, 11) is 0. The van der Waals surface area contributed by atoms with E-state index >= 15 is 0 Å². The summed E-state index contributed by atoms with van der Waals surface area (Å²) in [5.74, 6) is -0.786. The second-order valence-corrected chi connectivity index (χ2v) is 6.09. The first-order valence-electron chi connectivity index (χ1n) is 6.88. The van der Waals surface area contributed by atoms with E-state index < -0.39 is 5.97 Å². The van der Waals surface area contributed by atoms with Crippen molar-refractivity contribution in [2.24, 2.45) is 5.41 Å². The molecule has 1 aromatic carbocycles.